The van der Waals surface area contributed by atoms with Gasteiger partial charge in [-0.25, -0.2) is 4.98 Å². The van der Waals surface area contributed by atoms with Crippen LogP contribution in [0.4, 0.5) is 5.13 Å². The Hall–Kier alpha value is -2.12. The van der Waals surface area contributed by atoms with E-state index in [-0.39, 0.29) is 11.9 Å². The molecule has 150 valence electrons. The van der Waals surface area contributed by atoms with Crippen LogP contribution in [0.15, 0.2) is 24.3 Å². The van der Waals surface area contributed by atoms with Crippen molar-refractivity contribution in [2.75, 3.05) is 32.1 Å². The molecule has 1 aliphatic heterocycles. The number of benzene rings is 1. The average molecular weight is 401 g/mol. The van der Waals surface area contributed by atoms with Gasteiger partial charge in [-0.2, -0.15) is 0 Å². The lowest BCUT2D eigenvalue weighted by Crippen LogP contribution is -2.48. The van der Waals surface area contributed by atoms with Crippen molar-refractivity contribution in [1.29, 1.82) is 0 Å². The van der Waals surface area contributed by atoms with Crippen LogP contribution in [-0.4, -0.2) is 55.1 Å². The van der Waals surface area contributed by atoms with Crippen molar-refractivity contribution in [2.24, 2.45) is 11.7 Å². The maximum absolute atomic E-state index is 13.6. The molecule has 3 atom stereocenters. The lowest BCUT2D eigenvalue weighted by Gasteiger charge is -2.34. The second-order valence-electron chi connectivity index (χ2n) is 7.66. The van der Waals surface area contributed by atoms with Crippen molar-refractivity contribution in [3.05, 3.63) is 30.0 Å². The van der Waals surface area contributed by atoms with E-state index in [1.165, 1.54) is 6.42 Å². The normalized spacial score (nSPS) is 23.3. The Morgan fingerprint density at radius 1 is 1.43 bits per heavy atom. The molecule has 1 aromatic heterocycles. The number of thiazole rings is 1. The second-order valence-corrected chi connectivity index (χ2v) is 8.64. The Kier molecular flexibility index (Phi) is 5.29. The monoisotopic (exact) mass is 400 g/mol. The summed E-state index contributed by atoms with van der Waals surface area (Å²) in [5.74, 6) is 1.33. The van der Waals surface area contributed by atoms with Gasteiger partial charge in [0.1, 0.15) is 11.4 Å². The number of nitrogens with zero attached hydrogens (tertiary/aromatic N) is 3. The smallest absolute Gasteiger partial charge is 0.274 e. The summed E-state index contributed by atoms with van der Waals surface area (Å²) in [5.41, 5.74) is 7.56. The topological polar surface area (TPSA) is 71.7 Å². The zero-order chi connectivity index (χ0) is 19.8. The Balaban J connectivity index is 1.76. The number of piperidine rings is 1. The van der Waals surface area contributed by atoms with Crippen LogP contribution in [0, 0.1) is 5.92 Å². The van der Waals surface area contributed by atoms with Gasteiger partial charge in [0.15, 0.2) is 5.13 Å². The van der Waals surface area contributed by atoms with Gasteiger partial charge in [0, 0.05) is 32.2 Å². The summed E-state index contributed by atoms with van der Waals surface area (Å²) in [5, 5.41) is 0.859. The number of nitrogens with two attached hydrogens (primary N) is 1. The van der Waals surface area contributed by atoms with Crippen LogP contribution in [0.25, 0.3) is 10.4 Å². The molecule has 2 N–H and O–H groups in total. The summed E-state index contributed by atoms with van der Waals surface area (Å²) >= 11 is 1.56. The van der Waals surface area contributed by atoms with E-state index in [0.717, 1.165) is 40.7 Å². The number of ether oxygens (including phenoxy) is 1. The summed E-state index contributed by atoms with van der Waals surface area (Å²) in [6.07, 6.45) is 3.33. The minimum absolute atomic E-state index is 0.0208. The number of amides is 1. The van der Waals surface area contributed by atoms with Crippen molar-refractivity contribution < 1.29 is 9.53 Å². The highest BCUT2D eigenvalue weighted by molar-refractivity contribution is 7.19. The van der Waals surface area contributed by atoms with Gasteiger partial charge in [0.25, 0.3) is 5.91 Å². The summed E-state index contributed by atoms with van der Waals surface area (Å²) in [6, 6.07) is 8.29. The van der Waals surface area contributed by atoms with E-state index in [0.29, 0.717) is 24.2 Å². The van der Waals surface area contributed by atoms with E-state index in [9.17, 15) is 4.79 Å². The van der Waals surface area contributed by atoms with E-state index < -0.39 is 0 Å². The summed E-state index contributed by atoms with van der Waals surface area (Å²) in [6.45, 7) is 3.43. The molecule has 1 saturated heterocycles. The first-order chi connectivity index (χ1) is 13.6. The van der Waals surface area contributed by atoms with Gasteiger partial charge < -0.3 is 20.3 Å². The van der Waals surface area contributed by atoms with Gasteiger partial charge in [-0.3, -0.25) is 4.79 Å². The maximum atomic E-state index is 13.6. The predicted octanol–water partition coefficient (Wildman–Crippen LogP) is 3.23. The first kappa shape index (κ1) is 19.2. The number of fused-ring (bicyclic) bond motifs is 2. The van der Waals surface area contributed by atoms with Gasteiger partial charge in [-0.15, -0.1) is 0 Å². The highest BCUT2D eigenvalue weighted by Crippen LogP contribution is 2.44. The molecular formula is C21H28N4O2S. The van der Waals surface area contributed by atoms with Crippen molar-refractivity contribution in [3.8, 4) is 16.2 Å². The summed E-state index contributed by atoms with van der Waals surface area (Å²) in [7, 11) is 3.66. The molecule has 6 nitrogen and oxygen atoms in total. The second kappa shape index (κ2) is 7.72. The lowest BCUT2D eigenvalue weighted by molar-refractivity contribution is 0.0598. The van der Waals surface area contributed by atoms with Crippen molar-refractivity contribution in [3.63, 3.8) is 0 Å². The highest BCUT2D eigenvalue weighted by atomic mass is 32.1. The molecule has 2 heterocycles. The van der Waals surface area contributed by atoms with Crippen molar-refractivity contribution in [1.82, 2.24) is 9.88 Å². The molecule has 1 aliphatic carbocycles. The van der Waals surface area contributed by atoms with Gasteiger partial charge in [0.2, 0.25) is 0 Å². The van der Waals surface area contributed by atoms with Crippen LogP contribution in [0.1, 0.15) is 36.7 Å². The zero-order valence-corrected chi connectivity index (χ0v) is 17.5. The van der Waals surface area contributed by atoms with E-state index in [2.05, 4.69) is 11.8 Å². The van der Waals surface area contributed by atoms with E-state index in [1.807, 2.05) is 36.2 Å². The van der Waals surface area contributed by atoms with Gasteiger partial charge in [-0.1, -0.05) is 23.5 Å². The largest absolute Gasteiger partial charge is 0.497 e. The van der Waals surface area contributed by atoms with E-state index >= 15 is 0 Å². The molecule has 2 bridgehead atoms. The first-order valence-corrected chi connectivity index (χ1v) is 10.8. The Labute approximate surface area is 170 Å². The van der Waals surface area contributed by atoms with Crippen LogP contribution in [-0.2, 0) is 0 Å². The standard InChI is InChI=1S/C21H28N4O2S/c1-4-24(2)21-23-18(19(28-21)14-6-5-7-16(11-14)27-3)20(26)25-15-9-8-13(10-15)17(25)12-22/h5-7,11,13,15,17H,4,8-10,12,22H2,1-3H3/t13-,15+,17+/m1/s1. The Bertz CT molecular complexity index is 868. The fourth-order valence-electron chi connectivity index (χ4n) is 4.55. The number of rotatable bonds is 6. The molecule has 7 heteroatoms. The molecule has 0 radical (unpaired) electrons. The molecule has 0 spiro atoms. The number of anilines is 1. The Morgan fingerprint density at radius 3 is 2.96 bits per heavy atom. The molecule has 2 aromatic rings. The van der Waals surface area contributed by atoms with Crippen LogP contribution in [0.3, 0.4) is 0 Å². The van der Waals surface area contributed by atoms with Gasteiger partial charge >= 0.3 is 0 Å². The molecule has 1 saturated carbocycles. The fraction of sp³-hybridized carbons (Fsp3) is 0.524. The van der Waals surface area contributed by atoms with Crippen LogP contribution in [0.5, 0.6) is 5.75 Å². The van der Waals surface area contributed by atoms with E-state index in [1.54, 1.807) is 18.4 Å². The van der Waals surface area contributed by atoms with Gasteiger partial charge in [0.05, 0.1) is 12.0 Å². The van der Waals surface area contributed by atoms with Crippen LogP contribution in [0.2, 0.25) is 0 Å². The molecule has 4 rings (SSSR count). The third kappa shape index (κ3) is 3.16. The highest BCUT2D eigenvalue weighted by Gasteiger charge is 2.48. The van der Waals surface area contributed by atoms with E-state index in [4.69, 9.17) is 15.5 Å². The molecular weight excluding hydrogens is 372 g/mol. The number of aromatic nitrogens is 1. The fourth-order valence-corrected chi connectivity index (χ4v) is 5.63. The SMILES string of the molecule is CCN(C)c1nc(C(=O)N2[C@H]3CC[C@H](C3)[C@@H]2CN)c(-c2cccc(OC)c2)s1. The molecule has 28 heavy (non-hydrogen) atoms. The number of likely N-dealkylation sites (tertiary alicyclic amines) is 1. The van der Waals surface area contributed by atoms with Crippen LogP contribution < -0.4 is 15.4 Å². The summed E-state index contributed by atoms with van der Waals surface area (Å²) in [4.78, 5) is 23.4. The molecule has 1 amide bonds. The summed E-state index contributed by atoms with van der Waals surface area (Å²) < 4.78 is 5.39. The average Bonchev–Trinajstić information content (AvgIpc) is 3.46. The molecule has 0 unspecified atom stereocenters. The number of carbonyl (C=O) groups excluding carboxylic acids is 1. The lowest BCUT2D eigenvalue weighted by atomic mass is 9.98. The number of hydrogen-bond donors (Lipinski definition) is 1. The third-order valence-electron chi connectivity index (χ3n) is 6.17. The Morgan fingerprint density at radius 2 is 2.25 bits per heavy atom. The molecule has 2 fully saturated rings. The minimum Gasteiger partial charge on any atom is -0.497 e. The first-order valence-electron chi connectivity index (χ1n) is 9.96. The molecule has 2 aliphatic rings. The van der Waals surface area contributed by atoms with Crippen molar-refractivity contribution in [2.45, 2.75) is 38.3 Å². The number of hydrogen-bond acceptors (Lipinski definition) is 6. The third-order valence-corrected chi connectivity index (χ3v) is 7.39. The van der Waals surface area contributed by atoms with Gasteiger partial charge in [-0.05, 0) is 49.8 Å². The van der Waals surface area contributed by atoms with Crippen LogP contribution >= 0.6 is 11.3 Å². The van der Waals surface area contributed by atoms with Crippen molar-refractivity contribution >= 4 is 22.4 Å². The molecule has 1 aromatic carbocycles. The zero-order valence-electron chi connectivity index (χ0n) is 16.7. The quantitative estimate of drug-likeness (QED) is 0.806. The predicted molar refractivity (Wildman–Crippen MR) is 113 cm³/mol. The number of methoxy groups -OCH3 is 1. The maximum Gasteiger partial charge on any atom is 0.274 e. The minimum atomic E-state index is 0.0208. The number of carbonyl (C=O) groups is 1.